The molecule has 3 rings (SSSR count). The van der Waals surface area contributed by atoms with Crippen molar-refractivity contribution >= 4 is 26.7 Å². The molecular weight excluding hydrogens is 270 g/mol. The quantitative estimate of drug-likeness (QED) is 0.829. The number of aromatic nitrogens is 1. The zero-order chi connectivity index (χ0) is 13.8. The summed E-state index contributed by atoms with van der Waals surface area (Å²) in [6.07, 6.45) is 3.92. The number of fused-ring (bicyclic) bond motifs is 1. The summed E-state index contributed by atoms with van der Waals surface area (Å²) in [5.41, 5.74) is 1.04. The summed E-state index contributed by atoms with van der Waals surface area (Å²) >= 11 is 1.69. The van der Waals surface area contributed by atoms with Gasteiger partial charge in [-0.25, -0.2) is 4.98 Å². The molecule has 0 unspecified atom stereocenters. The van der Waals surface area contributed by atoms with Crippen molar-refractivity contribution in [2.75, 3.05) is 38.6 Å². The van der Waals surface area contributed by atoms with E-state index in [1.165, 1.54) is 43.6 Å². The first kappa shape index (κ1) is 13.6. The fraction of sp³-hybridized carbons (Fsp3) is 0.533. The summed E-state index contributed by atoms with van der Waals surface area (Å²) in [6, 6.07) is 6.02. The van der Waals surface area contributed by atoms with Gasteiger partial charge in [-0.1, -0.05) is 11.3 Å². The third kappa shape index (κ3) is 3.22. The zero-order valence-electron chi connectivity index (χ0n) is 11.9. The highest BCUT2D eigenvalue weighted by molar-refractivity contribution is 7.22. The molecule has 2 heterocycles. The maximum Gasteiger partial charge on any atom is 0.183 e. The van der Waals surface area contributed by atoms with Crippen LogP contribution >= 0.6 is 11.3 Å². The molecule has 0 radical (unpaired) electrons. The average molecular weight is 291 g/mol. The van der Waals surface area contributed by atoms with Crippen molar-refractivity contribution in [2.45, 2.75) is 19.3 Å². The fourth-order valence-electron chi connectivity index (χ4n) is 2.61. The predicted octanol–water partition coefficient (Wildman–Crippen LogP) is 3.20. The van der Waals surface area contributed by atoms with Gasteiger partial charge in [0.25, 0.3) is 0 Å². The summed E-state index contributed by atoms with van der Waals surface area (Å²) in [5.74, 6) is 0.890. The Bertz CT molecular complexity index is 563. The second-order valence-electron chi connectivity index (χ2n) is 5.18. The first-order valence-corrected chi connectivity index (χ1v) is 8.07. The number of hydrogen-bond donors (Lipinski definition) is 1. The van der Waals surface area contributed by atoms with Crippen LogP contribution in [0.3, 0.4) is 0 Å². The summed E-state index contributed by atoms with van der Waals surface area (Å²) in [4.78, 5) is 7.14. The monoisotopic (exact) mass is 291 g/mol. The lowest BCUT2D eigenvalue weighted by atomic mass is 10.3. The summed E-state index contributed by atoms with van der Waals surface area (Å²) in [5, 5.41) is 4.44. The molecule has 0 saturated carbocycles. The number of likely N-dealkylation sites (tertiary alicyclic amines) is 1. The van der Waals surface area contributed by atoms with Gasteiger partial charge in [-0.15, -0.1) is 0 Å². The maximum atomic E-state index is 5.24. The third-order valence-electron chi connectivity index (χ3n) is 3.72. The molecule has 1 aromatic carbocycles. The Morgan fingerprint density at radius 2 is 2.20 bits per heavy atom. The minimum Gasteiger partial charge on any atom is -0.497 e. The molecular formula is C15H21N3OS. The number of methoxy groups -OCH3 is 1. The number of nitrogens with one attached hydrogen (secondary N) is 1. The van der Waals surface area contributed by atoms with Crippen LogP contribution in [0.2, 0.25) is 0 Å². The van der Waals surface area contributed by atoms with Crippen LogP contribution < -0.4 is 10.1 Å². The molecule has 20 heavy (non-hydrogen) atoms. The van der Waals surface area contributed by atoms with Crippen molar-refractivity contribution in [3.8, 4) is 5.75 Å². The Morgan fingerprint density at radius 3 is 3.00 bits per heavy atom. The van der Waals surface area contributed by atoms with Gasteiger partial charge < -0.3 is 15.0 Å². The highest BCUT2D eigenvalue weighted by Crippen LogP contribution is 2.29. The van der Waals surface area contributed by atoms with Crippen molar-refractivity contribution < 1.29 is 4.74 Å². The van der Waals surface area contributed by atoms with E-state index >= 15 is 0 Å². The number of hydrogen-bond acceptors (Lipinski definition) is 5. The van der Waals surface area contributed by atoms with Crippen LogP contribution in [0, 0.1) is 0 Å². The van der Waals surface area contributed by atoms with Crippen molar-refractivity contribution in [1.29, 1.82) is 0 Å². The number of ether oxygens (including phenoxy) is 1. The van der Waals surface area contributed by atoms with Crippen LogP contribution in [-0.4, -0.2) is 43.2 Å². The van der Waals surface area contributed by atoms with Gasteiger partial charge in [0.05, 0.1) is 17.3 Å². The van der Waals surface area contributed by atoms with E-state index < -0.39 is 0 Å². The van der Waals surface area contributed by atoms with E-state index in [-0.39, 0.29) is 0 Å². The topological polar surface area (TPSA) is 37.4 Å². The Morgan fingerprint density at radius 1 is 1.35 bits per heavy atom. The van der Waals surface area contributed by atoms with E-state index in [0.717, 1.165) is 22.9 Å². The highest BCUT2D eigenvalue weighted by Gasteiger charge is 2.10. The molecule has 1 fully saturated rings. The lowest BCUT2D eigenvalue weighted by molar-refractivity contribution is 0.337. The van der Waals surface area contributed by atoms with E-state index in [1.807, 2.05) is 18.2 Å². The standard InChI is InChI=1S/C15H21N3OS/c1-19-12-5-6-13-14(11-12)20-15(17-13)16-7-4-10-18-8-2-3-9-18/h5-6,11H,2-4,7-10H2,1H3,(H,16,17). The van der Waals surface area contributed by atoms with Crippen LogP contribution in [0.15, 0.2) is 18.2 Å². The Labute approximate surface area is 123 Å². The smallest absolute Gasteiger partial charge is 0.183 e. The van der Waals surface area contributed by atoms with E-state index in [1.54, 1.807) is 18.4 Å². The molecule has 1 saturated heterocycles. The maximum absolute atomic E-state index is 5.24. The van der Waals surface area contributed by atoms with Crippen LogP contribution in [0.25, 0.3) is 10.2 Å². The lowest BCUT2D eigenvalue weighted by Crippen LogP contribution is -2.22. The molecule has 0 aliphatic carbocycles. The van der Waals surface area contributed by atoms with E-state index in [2.05, 4.69) is 15.2 Å². The minimum absolute atomic E-state index is 0.890. The highest BCUT2D eigenvalue weighted by atomic mass is 32.1. The zero-order valence-corrected chi connectivity index (χ0v) is 12.7. The summed E-state index contributed by atoms with van der Waals surface area (Å²) in [7, 11) is 1.69. The van der Waals surface area contributed by atoms with Gasteiger partial charge in [0.15, 0.2) is 5.13 Å². The molecule has 5 heteroatoms. The number of benzene rings is 1. The molecule has 1 N–H and O–H groups in total. The first-order valence-electron chi connectivity index (χ1n) is 7.26. The third-order valence-corrected chi connectivity index (χ3v) is 4.70. The normalized spacial score (nSPS) is 15.8. The van der Waals surface area contributed by atoms with Crippen LogP contribution in [0.4, 0.5) is 5.13 Å². The summed E-state index contributed by atoms with van der Waals surface area (Å²) in [6.45, 7) is 4.75. The van der Waals surface area contributed by atoms with Crippen LogP contribution in [0.5, 0.6) is 5.75 Å². The van der Waals surface area contributed by atoms with Gasteiger partial charge in [0.1, 0.15) is 5.75 Å². The molecule has 4 nitrogen and oxygen atoms in total. The molecule has 2 aromatic rings. The number of anilines is 1. The van der Waals surface area contributed by atoms with Gasteiger partial charge in [-0.3, -0.25) is 0 Å². The lowest BCUT2D eigenvalue weighted by Gasteiger charge is -2.13. The molecule has 0 bridgehead atoms. The Hall–Kier alpha value is -1.33. The Balaban J connectivity index is 1.52. The van der Waals surface area contributed by atoms with Crippen molar-refractivity contribution in [2.24, 2.45) is 0 Å². The number of thiazole rings is 1. The Kier molecular flexibility index (Phi) is 4.38. The molecule has 0 spiro atoms. The van der Waals surface area contributed by atoms with Gasteiger partial charge in [-0.05, 0) is 57.1 Å². The van der Waals surface area contributed by atoms with Gasteiger partial charge in [0, 0.05) is 6.54 Å². The van der Waals surface area contributed by atoms with Crippen molar-refractivity contribution in [1.82, 2.24) is 9.88 Å². The van der Waals surface area contributed by atoms with E-state index in [9.17, 15) is 0 Å². The summed E-state index contributed by atoms with van der Waals surface area (Å²) < 4.78 is 6.41. The van der Waals surface area contributed by atoms with E-state index in [0.29, 0.717) is 0 Å². The SMILES string of the molecule is COc1ccc2nc(NCCCN3CCCC3)sc2c1. The molecule has 1 aliphatic rings. The minimum atomic E-state index is 0.890. The first-order chi connectivity index (χ1) is 9.85. The molecule has 0 atom stereocenters. The van der Waals surface area contributed by atoms with Gasteiger partial charge >= 0.3 is 0 Å². The van der Waals surface area contributed by atoms with Gasteiger partial charge in [-0.2, -0.15) is 0 Å². The number of nitrogens with zero attached hydrogens (tertiary/aromatic N) is 2. The molecule has 108 valence electrons. The van der Waals surface area contributed by atoms with Crippen molar-refractivity contribution in [3.05, 3.63) is 18.2 Å². The predicted molar refractivity (Wildman–Crippen MR) is 85.0 cm³/mol. The molecule has 0 amide bonds. The van der Waals surface area contributed by atoms with Crippen molar-refractivity contribution in [3.63, 3.8) is 0 Å². The van der Waals surface area contributed by atoms with Gasteiger partial charge in [0.2, 0.25) is 0 Å². The largest absolute Gasteiger partial charge is 0.497 e. The number of rotatable bonds is 6. The molecule has 1 aromatic heterocycles. The second-order valence-corrected chi connectivity index (χ2v) is 6.21. The average Bonchev–Trinajstić information content (AvgIpc) is 3.11. The fourth-order valence-corrected chi connectivity index (χ4v) is 3.53. The second kappa shape index (κ2) is 6.41. The van der Waals surface area contributed by atoms with E-state index in [4.69, 9.17) is 4.74 Å². The molecule has 1 aliphatic heterocycles. The van der Waals surface area contributed by atoms with Crippen LogP contribution in [-0.2, 0) is 0 Å². The van der Waals surface area contributed by atoms with Crippen LogP contribution in [0.1, 0.15) is 19.3 Å².